The molecule has 0 aliphatic carbocycles. The van der Waals surface area contributed by atoms with Crippen LogP contribution in [0.4, 0.5) is 0 Å². The molecule has 2 N–H and O–H groups in total. The number of methoxy groups -OCH3 is 1. The summed E-state index contributed by atoms with van der Waals surface area (Å²) in [5.41, 5.74) is 7.82. The first-order valence-electron chi connectivity index (χ1n) is 5.91. The largest absolute Gasteiger partial charge is 0.385 e. The predicted octanol–water partition coefficient (Wildman–Crippen LogP) is 2.16. The van der Waals surface area contributed by atoms with Crippen molar-refractivity contribution in [3.63, 3.8) is 0 Å². The molecule has 0 bridgehead atoms. The van der Waals surface area contributed by atoms with Crippen LogP contribution in [0.2, 0.25) is 5.02 Å². The van der Waals surface area contributed by atoms with Gasteiger partial charge in [-0.15, -0.1) is 0 Å². The Morgan fingerprint density at radius 2 is 2.18 bits per heavy atom. The van der Waals surface area contributed by atoms with Gasteiger partial charge in [0.15, 0.2) is 0 Å². The number of aryl methyl sites for hydroxylation is 2. The Labute approximate surface area is 108 Å². The molecule has 1 aromatic heterocycles. The third kappa shape index (κ3) is 3.69. The first-order valence-corrected chi connectivity index (χ1v) is 6.28. The van der Waals surface area contributed by atoms with Crippen LogP contribution in [0.3, 0.4) is 0 Å². The molecule has 1 rings (SSSR count). The fourth-order valence-corrected chi connectivity index (χ4v) is 2.05. The summed E-state index contributed by atoms with van der Waals surface area (Å²) in [4.78, 5) is 0. The summed E-state index contributed by atoms with van der Waals surface area (Å²) in [7, 11) is 1.68. The van der Waals surface area contributed by atoms with E-state index in [-0.39, 0.29) is 5.54 Å². The molecule has 0 aromatic carbocycles. The second-order valence-corrected chi connectivity index (χ2v) is 5.11. The molecule has 0 saturated carbocycles. The normalized spacial score (nSPS) is 14.9. The van der Waals surface area contributed by atoms with E-state index in [2.05, 4.69) is 12.0 Å². The van der Waals surface area contributed by atoms with Crippen molar-refractivity contribution >= 4 is 11.6 Å². The van der Waals surface area contributed by atoms with Crippen molar-refractivity contribution in [2.24, 2.45) is 5.73 Å². The number of halogens is 1. The summed E-state index contributed by atoms with van der Waals surface area (Å²) in [5.74, 6) is 0. The lowest BCUT2D eigenvalue weighted by Crippen LogP contribution is -2.40. The van der Waals surface area contributed by atoms with E-state index in [1.165, 1.54) is 0 Å². The van der Waals surface area contributed by atoms with Gasteiger partial charge in [-0.3, -0.25) is 4.68 Å². The Kier molecular flexibility index (Phi) is 4.98. The Morgan fingerprint density at radius 1 is 1.53 bits per heavy atom. The maximum Gasteiger partial charge on any atom is 0.0847 e. The Morgan fingerprint density at radius 3 is 2.71 bits per heavy atom. The van der Waals surface area contributed by atoms with Gasteiger partial charge in [-0.2, -0.15) is 5.10 Å². The topological polar surface area (TPSA) is 53.1 Å². The highest BCUT2D eigenvalue weighted by molar-refractivity contribution is 6.31. The van der Waals surface area contributed by atoms with Crippen molar-refractivity contribution in [3.8, 4) is 0 Å². The summed E-state index contributed by atoms with van der Waals surface area (Å²) < 4.78 is 7.00. The molecule has 5 heteroatoms. The minimum absolute atomic E-state index is 0.320. The quantitative estimate of drug-likeness (QED) is 0.852. The van der Waals surface area contributed by atoms with Crippen molar-refractivity contribution in [2.45, 2.75) is 45.7 Å². The zero-order valence-electron chi connectivity index (χ0n) is 11.1. The molecule has 1 heterocycles. The van der Waals surface area contributed by atoms with Crippen molar-refractivity contribution in [1.82, 2.24) is 9.78 Å². The lowest BCUT2D eigenvalue weighted by atomic mass is 9.93. The zero-order valence-corrected chi connectivity index (χ0v) is 11.8. The van der Waals surface area contributed by atoms with Crippen LogP contribution in [0.5, 0.6) is 0 Å². The van der Waals surface area contributed by atoms with Gasteiger partial charge >= 0.3 is 0 Å². The predicted molar refractivity (Wildman–Crippen MR) is 70.4 cm³/mol. The van der Waals surface area contributed by atoms with Gasteiger partial charge in [0.05, 0.1) is 16.4 Å². The second-order valence-electron chi connectivity index (χ2n) is 4.74. The first kappa shape index (κ1) is 14.5. The minimum Gasteiger partial charge on any atom is -0.385 e. The highest BCUT2D eigenvalue weighted by Gasteiger charge is 2.24. The molecule has 0 amide bonds. The minimum atomic E-state index is -0.320. The fraction of sp³-hybridized carbons (Fsp3) is 0.750. The lowest BCUT2D eigenvalue weighted by Gasteiger charge is -2.24. The third-order valence-corrected chi connectivity index (χ3v) is 3.39. The average molecular weight is 260 g/mol. The molecule has 17 heavy (non-hydrogen) atoms. The highest BCUT2D eigenvalue weighted by Crippen LogP contribution is 2.24. The fourth-order valence-electron chi connectivity index (χ4n) is 1.84. The van der Waals surface area contributed by atoms with Gasteiger partial charge in [-0.25, -0.2) is 0 Å². The average Bonchev–Trinajstić information content (AvgIpc) is 2.54. The van der Waals surface area contributed by atoms with E-state index in [9.17, 15) is 0 Å². The molecular weight excluding hydrogens is 238 g/mol. The molecule has 0 saturated heterocycles. The van der Waals surface area contributed by atoms with Crippen LogP contribution >= 0.6 is 11.6 Å². The molecule has 98 valence electrons. The van der Waals surface area contributed by atoms with E-state index in [1.54, 1.807) is 7.11 Å². The molecule has 0 aliphatic rings. The van der Waals surface area contributed by atoms with Crippen LogP contribution in [0.15, 0.2) is 0 Å². The standard InChI is InChI=1S/C12H22ClN3O/c1-5-16-10(11(13)9(2)15-16)8-12(3,14)6-7-17-4/h5-8,14H2,1-4H3. The van der Waals surface area contributed by atoms with Gasteiger partial charge in [0.1, 0.15) is 0 Å². The monoisotopic (exact) mass is 259 g/mol. The van der Waals surface area contributed by atoms with Crippen LogP contribution in [0.25, 0.3) is 0 Å². The van der Waals surface area contributed by atoms with Crippen LogP contribution in [-0.2, 0) is 17.7 Å². The van der Waals surface area contributed by atoms with E-state index >= 15 is 0 Å². The van der Waals surface area contributed by atoms with Gasteiger partial charge in [0.2, 0.25) is 0 Å². The molecule has 0 aliphatic heterocycles. The number of hydrogen-bond acceptors (Lipinski definition) is 3. The van der Waals surface area contributed by atoms with Crippen molar-refractivity contribution in [2.75, 3.05) is 13.7 Å². The molecule has 1 atom stereocenters. The van der Waals surface area contributed by atoms with Crippen LogP contribution < -0.4 is 5.73 Å². The van der Waals surface area contributed by atoms with E-state index in [0.717, 1.165) is 29.4 Å². The lowest BCUT2D eigenvalue weighted by molar-refractivity contribution is 0.171. The summed E-state index contributed by atoms with van der Waals surface area (Å²) in [6.45, 7) is 7.45. The molecule has 0 fully saturated rings. The molecular formula is C12H22ClN3O. The van der Waals surface area contributed by atoms with E-state index < -0.39 is 0 Å². The number of aromatic nitrogens is 2. The summed E-state index contributed by atoms with van der Waals surface area (Å²) in [5, 5.41) is 5.13. The van der Waals surface area contributed by atoms with E-state index in [4.69, 9.17) is 22.1 Å². The second kappa shape index (κ2) is 5.85. The maximum absolute atomic E-state index is 6.26. The molecule has 1 unspecified atom stereocenters. The number of ether oxygens (including phenoxy) is 1. The maximum atomic E-state index is 6.26. The smallest absolute Gasteiger partial charge is 0.0847 e. The molecule has 4 nitrogen and oxygen atoms in total. The molecule has 1 aromatic rings. The molecule has 0 spiro atoms. The van der Waals surface area contributed by atoms with Crippen LogP contribution in [0, 0.1) is 6.92 Å². The van der Waals surface area contributed by atoms with E-state index in [1.807, 2.05) is 18.5 Å². The summed E-state index contributed by atoms with van der Waals surface area (Å²) in [6.07, 6.45) is 1.51. The zero-order chi connectivity index (χ0) is 13.1. The van der Waals surface area contributed by atoms with Crippen LogP contribution in [-0.4, -0.2) is 29.0 Å². The number of rotatable bonds is 6. The van der Waals surface area contributed by atoms with Crippen LogP contribution in [0.1, 0.15) is 31.7 Å². The van der Waals surface area contributed by atoms with Gasteiger partial charge < -0.3 is 10.5 Å². The molecule has 0 radical (unpaired) electrons. The van der Waals surface area contributed by atoms with Gasteiger partial charge in [0.25, 0.3) is 0 Å². The SMILES string of the molecule is CCn1nc(C)c(Cl)c1CC(C)(N)CCOC. The van der Waals surface area contributed by atoms with Crippen molar-refractivity contribution in [1.29, 1.82) is 0 Å². The van der Waals surface area contributed by atoms with Gasteiger partial charge in [-0.1, -0.05) is 11.6 Å². The summed E-state index contributed by atoms with van der Waals surface area (Å²) >= 11 is 6.26. The number of nitrogens with two attached hydrogens (primary N) is 1. The van der Waals surface area contributed by atoms with Crippen molar-refractivity contribution < 1.29 is 4.74 Å². The Balaban J connectivity index is 2.86. The van der Waals surface area contributed by atoms with E-state index in [0.29, 0.717) is 13.0 Å². The van der Waals surface area contributed by atoms with Crippen molar-refractivity contribution in [3.05, 3.63) is 16.4 Å². The number of nitrogens with zero attached hydrogens (tertiary/aromatic N) is 2. The Bertz CT molecular complexity index is 374. The number of hydrogen-bond donors (Lipinski definition) is 1. The highest BCUT2D eigenvalue weighted by atomic mass is 35.5. The summed E-state index contributed by atoms with van der Waals surface area (Å²) in [6, 6.07) is 0. The first-order chi connectivity index (χ1) is 7.91. The van der Waals surface area contributed by atoms with Gasteiger partial charge in [-0.05, 0) is 27.2 Å². The Hall–Kier alpha value is -0.580. The third-order valence-electron chi connectivity index (χ3n) is 2.90. The van der Waals surface area contributed by atoms with Gasteiger partial charge in [0, 0.05) is 32.2 Å².